The highest BCUT2D eigenvalue weighted by Gasteiger charge is 2.17. The van der Waals surface area contributed by atoms with E-state index in [-0.39, 0.29) is 30.7 Å². The van der Waals surface area contributed by atoms with E-state index < -0.39 is 0 Å². The van der Waals surface area contributed by atoms with Gasteiger partial charge in [-0.1, -0.05) is 19.1 Å². The maximum absolute atomic E-state index is 11.8. The van der Waals surface area contributed by atoms with E-state index in [4.69, 9.17) is 0 Å². The molecule has 1 aliphatic heterocycles. The third-order valence-electron chi connectivity index (χ3n) is 4.27. The fourth-order valence-corrected chi connectivity index (χ4v) is 2.87. The van der Waals surface area contributed by atoms with Crippen LogP contribution in [0.25, 0.3) is 0 Å². The lowest BCUT2D eigenvalue weighted by Crippen LogP contribution is -2.47. The summed E-state index contributed by atoms with van der Waals surface area (Å²) in [7, 11) is 0. The quantitative estimate of drug-likeness (QED) is 0.667. The van der Waals surface area contributed by atoms with Crippen molar-refractivity contribution in [2.45, 2.75) is 20.3 Å². The second kappa shape index (κ2) is 13.2. The molecule has 144 valence electrons. The van der Waals surface area contributed by atoms with Crippen LogP contribution >= 0.6 is 24.8 Å². The number of anilines is 1. The molecule has 25 heavy (non-hydrogen) atoms. The first-order valence-corrected chi connectivity index (χ1v) is 8.70. The Kier molecular flexibility index (Phi) is 12.7. The number of benzene rings is 1. The second-order valence-corrected chi connectivity index (χ2v) is 6.12. The molecule has 0 radical (unpaired) electrons. The Morgan fingerprint density at radius 2 is 1.84 bits per heavy atom. The number of halogens is 2. The third-order valence-corrected chi connectivity index (χ3v) is 4.27. The van der Waals surface area contributed by atoms with E-state index in [1.165, 1.54) is 11.3 Å². The van der Waals surface area contributed by atoms with Crippen LogP contribution in [0.5, 0.6) is 0 Å². The molecule has 1 saturated heterocycles. The van der Waals surface area contributed by atoms with Gasteiger partial charge in [0.2, 0.25) is 5.91 Å². The molecule has 1 fully saturated rings. The number of amides is 1. The number of nitrogens with one attached hydrogen (secondary N) is 2. The molecule has 1 heterocycles. The van der Waals surface area contributed by atoms with Crippen LogP contribution in [0.4, 0.5) is 5.69 Å². The predicted molar refractivity (Wildman–Crippen MR) is 110 cm³/mol. The topological polar surface area (TPSA) is 47.6 Å². The fourth-order valence-electron chi connectivity index (χ4n) is 2.87. The number of hydrogen-bond donors (Lipinski definition) is 2. The summed E-state index contributed by atoms with van der Waals surface area (Å²) in [6, 6.07) is 8.68. The lowest BCUT2D eigenvalue weighted by molar-refractivity contribution is -0.121. The molecule has 7 heteroatoms. The van der Waals surface area contributed by atoms with Crippen LogP contribution in [-0.2, 0) is 4.79 Å². The monoisotopic (exact) mass is 390 g/mol. The summed E-state index contributed by atoms with van der Waals surface area (Å²) in [5, 5.41) is 6.16. The lowest BCUT2D eigenvalue weighted by atomic mass is 10.2. The highest BCUT2D eigenvalue weighted by molar-refractivity contribution is 5.85. The summed E-state index contributed by atoms with van der Waals surface area (Å²) in [6.07, 6.45) is 0.594. The molecule has 0 atom stereocenters. The molecular weight excluding hydrogens is 359 g/mol. The third kappa shape index (κ3) is 8.77. The summed E-state index contributed by atoms with van der Waals surface area (Å²) in [5.74, 6) is 0.156. The van der Waals surface area contributed by atoms with Gasteiger partial charge in [0.25, 0.3) is 0 Å². The average molecular weight is 391 g/mol. The summed E-state index contributed by atoms with van der Waals surface area (Å²) in [5.41, 5.74) is 2.62. The van der Waals surface area contributed by atoms with Crippen LogP contribution in [0, 0.1) is 6.92 Å². The fraction of sp³-hybridized carbons (Fsp3) is 0.611. The number of nitrogens with zero attached hydrogens (tertiary/aromatic N) is 2. The minimum absolute atomic E-state index is 0. The van der Waals surface area contributed by atoms with Gasteiger partial charge in [0.15, 0.2) is 0 Å². The molecule has 0 aromatic heterocycles. The summed E-state index contributed by atoms with van der Waals surface area (Å²) in [4.78, 5) is 16.6. The van der Waals surface area contributed by atoms with Crippen molar-refractivity contribution in [3.63, 3.8) is 0 Å². The molecule has 1 aromatic carbocycles. The van der Waals surface area contributed by atoms with Crippen LogP contribution in [0.1, 0.15) is 18.9 Å². The van der Waals surface area contributed by atoms with E-state index in [0.717, 1.165) is 45.8 Å². The molecule has 2 rings (SSSR count). The van der Waals surface area contributed by atoms with Gasteiger partial charge in [0.1, 0.15) is 0 Å². The van der Waals surface area contributed by atoms with E-state index >= 15 is 0 Å². The van der Waals surface area contributed by atoms with Gasteiger partial charge in [-0.3, -0.25) is 9.69 Å². The zero-order valence-electron chi connectivity index (χ0n) is 15.3. The average Bonchev–Trinajstić information content (AvgIpc) is 2.57. The number of rotatable bonds is 8. The summed E-state index contributed by atoms with van der Waals surface area (Å²) in [6.45, 7) is 11.7. The van der Waals surface area contributed by atoms with Gasteiger partial charge in [-0.15, -0.1) is 24.8 Å². The Morgan fingerprint density at radius 1 is 1.12 bits per heavy atom. The van der Waals surface area contributed by atoms with E-state index in [1.807, 2.05) is 0 Å². The van der Waals surface area contributed by atoms with Crippen molar-refractivity contribution in [2.75, 3.05) is 57.3 Å². The molecular formula is C18H32Cl2N4O. The van der Waals surface area contributed by atoms with Crippen LogP contribution < -0.4 is 15.5 Å². The first-order chi connectivity index (χ1) is 11.2. The van der Waals surface area contributed by atoms with E-state index in [0.29, 0.717) is 13.0 Å². The molecule has 1 aromatic rings. The number of aryl methyl sites for hydroxylation is 1. The molecule has 5 nitrogen and oxygen atoms in total. The Labute approximate surface area is 164 Å². The number of likely N-dealkylation sites (N-methyl/N-ethyl adjacent to an activating group) is 1. The van der Waals surface area contributed by atoms with Gasteiger partial charge in [0, 0.05) is 57.9 Å². The van der Waals surface area contributed by atoms with Gasteiger partial charge >= 0.3 is 0 Å². The minimum Gasteiger partial charge on any atom is -0.369 e. The van der Waals surface area contributed by atoms with Crippen molar-refractivity contribution in [1.82, 2.24) is 15.5 Å². The largest absolute Gasteiger partial charge is 0.369 e. The first kappa shape index (κ1) is 24.0. The Hall–Kier alpha value is -1.01. The van der Waals surface area contributed by atoms with Crippen molar-refractivity contribution in [1.29, 1.82) is 0 Å². The number of carbonyl (C=O) groups excluding carboxylic acids is 1. The lowest BCUT2D eigenvalue weighted by Gasteiger charge is -2.36. The molecule has 2 N–H and O–H groups in total. The standard InChI is InChI=1S/C18H30N4O.2ClH/c1-3-19-8-9-20-18(23)7-10-21-11-13-22(14-12-21)17-6-4-5-16(2)15-17;;/h4-6,15,19H,3,7-14H2,1-2H3,(H,20,23);2*1H. The maximum atomic E-state index is 11.8. The van der Waals surface area contributed by atoms with Gasteiger partial charge < -0.3 is 15.5 Å². The van der Waals surface area contributed by atoms with Gasteiger partial charge in [0.05, 0.1) is 0 Å². The first-order valence-electron chi connectivity index (χ1n) is 8.70. The SMILES string of the molecule is CCNCCNC(=O)CCN1CCN(c2cccc(C)c2)CC1.Cl.Cl. The molecule has 0 unspecified atom stereocenters. The van der Waals surface area contributed by atoms with Crippen molar-refractivity contribution in [3.8, 4) is 0 Å². The van der Waals surface area contributed by atoms with Crippen LogP contribution in [0.3, 0.4) is 0 Å². The predicted octanol–water partition coefficient (Wildman–Crippen LogP) is 2.08. The van der Waals surface area contributed by atoms with Crippen LogP contribution in [0.2, 0.25) is 0 Å². The van der Waals surface area contributed by atoms with E-state index in [2.05, 4.69) is 58.5 Å². The molecule has 0 spiro atoms. The van der Waals surface area contributed by atoms with Gasteiger partial charge in [-0.25, -0.2) is 0 Å². The Balaban J connectivity index is 0.00000288. The highest BCUT2D eigenvalue weighted by atomic mass is 35.5. The number of piperazine rings is 1. The normalized spacial score (nSPS) is 14.4. The van der Waals surface area contributed by atoms with E-state index in [1.54, 1.807) is 0 Å². The molecule has 0 saturated carbocycles. The van der Waals surface area contributed by atoms with Crippen LogP contribution in [0.15, 0.2) is 24.3 Å². The maximum Gasteiger partial charge on any atom is 0.221 e. The molecule has 0 bridgehead atoms. The molecule has 0 aliphatic carbocycles. The molecule has 1 aliphatic rings. The van der Waals surface area contributed by atoms with Crippen molar-refractivity contribution in [3.05, 3.63) is 29.8 Å². The van der Waals surface area contributed by atoms with Crippen LogP contribution in [-0.4, -0.2) is 63.2 Å². The Bertz CT molecular complexity index is 494. The summed E-state index contributed by atoms with van der Waals surface area (Å²) < 4.78 is 0. The number of carbonyl (C=O) groups is 1. The highest BCUT2D eigenvalue weighted by Crippen LogP contribution is 2.17. The zero-order valence-corrected chi connectivity index (χ0v) is 16.9. The summed E-state index contributed by atoms with van der Waals surface area (Å²) >= 11 is 0. The number of hydrogen-bond acceptors (Lipinski definition) is 4. The van der Waals surface area contributed by atoms with Crippen molar-refractivity contribution in [2.24, 2.45) is 0 Å². The van der Waals surface area contributed by atoms with Gasteiger partial charge in [-0.05, 0) is 31.2 Å². The van der Waals surface area contributed by atoms with Crippen molar-refractivity contribution >= 4 is 36.4 Å². The zero-order chi connectivity index (χ0) is 16.5. The second-order valence-electron chi connectivity index (χ2n) is 6.12. The van der Waals surface area contributed by atoms with Gasteiger partial charge in [-0.2, -0.15) is 0 Å². The smallest absolute Gasteiger partial charge is 0.221 e. The Morgan fingerprint density at radius 3 is 2.48 bits per heavy atom. The molecule has 1 amide bonds. The van der Waals surface area contributed by atoms with Crippen molar-refractivity contribution < 1.29 is 4.79 Å². The van der Waals surface area contributed by atoms with E-state index in [9.17, 15) is 4.79 Å². The minimum atomic E-state index is 0.